The van der Waals surface area contributed by atoms with Crippen LogP contribution in [0.4, 0.5) is 19.0 Å². The lowest BCUT2D eigenvalue weighted by Crippen LogP contribution is -2.45. The molecule has 2 heterocycles. The smallest absolute Gasteiger partial charge is 0.355 e. The van der Waals surface area contributed by atoms with Crippen LogP contribution in [0.3, 0.4) is 0 Å². The van der Waals surface area contributed by atoms with Gasteiger partial charge in [-0.3, -0.25) is 4.79 Å². The Morgan fingerprint density at radius 1 is 1.23 bits per heavy atom. The second kappa shape index (κ2) is 8.03. The van der Waals surface area contributed by atoms with Gasteiger partial charge in [-0.25, -0.2) is 4.98 Å². The first-order chi connectivity index (χ1) is 12.3. The van der Waals surface area contributed by atoms with Crippen LogP contribution in [0.1, 0.15) is 50.5 Å². The number of piperidine rings is 1. The number of carbonyl (C=O) groups excluding carboxylic acids is 1. The second-order valence-electron chi connectivity index (χ2n) is 7.21. The lowest BCUT2D eigenvalue weighted by atomic mass is 10.0. The van der Waals surface area contributed by atoms with Gasteiger partial charge >= 0.3 is 6.18 Å². The minimum atomic E-state index is -4.45. The van der Waals surface area contributed by atoms with Crippen molar-refractivity contribution >= 4 is 23.3 Å². The first kappa shape index (κ1) is 19.3. The van der Waals surface area contributed by atoms with E-state index in [1.54, 1.807) is 0 Å². The van der Waals surface area contributed by atoms with E-state index in [4.69, 9.17) is 11.6 Å². The van der Waals surface area contributed by atoms with Crippen molar-refractivity contribution in [3.05, 3.63) is 22.8 Å². The molecule has 1 aromatic rings. The summed E-state index contributed by atoms with van der Waals surface area (Å²) >= 11 is 6.01. The third-order valence-corrected chi connectivity index (χ3v) is 5.54. The zero-order valence-electron chi connectivity index (χ0n) is 14.5. The normalized spacial score (nSPS) is 19.8. The van der Waals surface area contributed by atoms with Crippen LogP contribution in [0, 0.1) is 5.92 Å². The maximum atomic E-state index is 12.7. The minimum Gasteiger partial charge on any atom is -0.355 e. The van der Waals surface area contributed by atoms with Crippen molar-refractivity contribution in [1.82, 2.24) is 10.3 Å². The summed E-state index contributed by atoms with van der Waals surface area (Å²) in [7, 11) is 0. The molecule has 144 valence electrons. The van der Waals surface area contributed by atoms with Crippen LogP contribution in [-0.2, 0) is 11.0 Å². The van der Waals surface area contributed by atoms with Gasteiger partial charge in [-0.15, -0.1) is 0 Å². The highest BCUT2D eigenvalue weighted by molar-refractivity contribution is 6.33. The molecule has 1 aliphatic carbocycles. The summed E-state index contributed by atoms with van der Waals surface area (Å²) in [6, 6.07) is 1.02. The van der Waals surface area contributed by atoms with Crippen LogP contribution in [0.25, 0.3) is 0 Å². The number of nitrogens with one attached hydrogen (secondary N) is 1. The summed E-state index contributed by atoms with van der Waals surface area (Å²) in [6.45, 7) is 1.21. The number of aromatic nitrogens is 1. The number of pyridine rings is 1. The first-order valence-corrected chi connectivity index (χ1v) is 9.48. The van der Waals surface area contributed by atoms with E-state index in [1.165, 1.54) is 12.8 Å². The molecule has 8 heteroatoms. The largest absolute Gasteiger partial charge is 0.417 e. The molecule has 2 aliphatic rings. The van der Waals surface area contributed by atoms with Crippen molar-refractivity contribution in [3.8, 4) is 0 Å². The van der Waals surface area contributed by atoms with E-state index in [-0.39, 0.29) is 17.0 Å². The summed E-state index contributed by atoms with van der Waals surface area (Å²) in [5, 5.41) is 3.10. The molecule has 0 radical (unpaired) electrons. The Bertz CT molecular complexity index is 639. The molecule has 0 atom stereocenters. The highest BCUT2D eigenvalue weighted by Gasteiger charge is 2.32. The molecule has 0 aromatic carbocycles. The van der Waals surface area contributed by atoms with E-state index in [0.29, 0.717) is 31.2 Å². The number of amides is 1. The van der Waals surface area contributed by atoms with Gasteiger partial charge in [0.1, 0.15) is 5.82 Å². The Labute approximate surface area is 156 Å². The van der Waals surface area contributed by atoms with Crippen molar-refractivity contribution in [1.29, 1.82) is 0 Å². The number of rotatable bonds is 4. The van der Waals surface area contributed by atoms with Crippen LogP contribution in [-0.4, -0.2) is 30.0 Å². The molecule has 4 nitrogen and oxygen atoms in total. The van der Waals surface area contributed by atoms with Crippen molar-refractivity contribution in [2.45, 2.75) is 57.2 Å². The van der Waals surface area contributed by atoms with Gasteiger partial charge in [0.15, 0.2) is 0 Å². The van der Waals surface area contributed by atoms with E-state index < -0.39 is 11.7 Å². The highest BCUT2D eigenvalue weighted by Crippen LogP contribution is 2.34. The summed E-state index contributed by atoms with van der Waals surface area (Å²) in [6.07, 6.45) is 3.15. The molecule has 1 saturated heterocycles. The van der Waals surface area contributed by atoms with Crippen LogP contribution < -0.4 is 10.2 Å². The number of anilines is 1. The van der Waals surface area contributed by atoms with E-state index >= 15 is 0 Å². The molecule has 1 N–H and O–H groups in total. The van der Waals surface area contributed by atoms with Crippen LogP contribution in [0.5, 0.6) is 0 Å². The molecular weight excluding hydrogens is 367 g/mol. The summed E-state index contributed by atoms with van der Waals surface area (Å²) < 4.78 is 38.1. The van der Waals surface area contributed by atoms with Gasteiger partial charge in [0.25, 0.3) is 0 Å². The Morgan fingerprint density at radius 2 is 1.88 bits per heavy atom. The third-order valence-electron chi connectivity index (χ3n) is 5.26. The second-order valence-corrected chi connectivity index (χ2v) is 7.62. The SMILES string of the molecule is O=C(CC1CCCC1)NC1CCN(c2ncc(C(F)(F)F)cc2Cl)CC1. The van der Waals surface area contributed by atoms with E-state index in [1.807, 2.05) is 4.90 Å². The number of hydrogen-bond acceptors (Lipinski definition) is 3. The fourth-order valence-corrected chi connectivity index (χ4v) is 4.10. The van der Waals surface area contributed by atoms with Crippen molar-refractivity contribution < 1.29 is 18.0 Å². The summed E-state index contributed by atoms with van der Waals surface area (Å²) in [5.74, 6) is 1.00. The average molecular weight is 390 g/mol. The molecule has 2 fully saturated rings. The lowest BCUT2D eigenvalue weighted by Gasteiger charge is -2.33. The maximum absolute atomic E-state index is 12.7. The number of halogens is 4. The Morgan fingerprint density at radius 3 is 2.46 bits per heavy atom. The quantitative estimate of drug-likeness (QED) is 0.829. The number of alkyl halides is 3. The summed E-state index contributed by atoms with van der Waals surface area (Å²) in [5.41, 5.74) is -0.847. The monoisotopic (exact) mass is 389 g/mol. The van der Waals surface area contributed by atoms with Crippen molar-refractivity contribution in [3.63, 3.8) is 0 Å². The van der Waals surface area contributed by atoms with Crippen molar-refractivity contribution in [2.24, 2.45) is 5.92 Å². The predicted octanol–water partition coefficient (Wildman–Crippen LogP) is 4.42. The minimum absolute atomic E-state index is 0.00328. The zero-order chi connectivity index (χ0) is 18.7. The Balaban J connectivity index is 1.51. The standard InChI is InChI=1S/C18H23ClF3N3O/c19-15-10-13(18(20,21)22)11-23-17(15)25-7-5-14(6-8-25)24-16(26)9-12-3-1-2-4-12/h10-12,14H,1-9H2,(H,24,26). The molecule has 0 unspecified atom stereocenters. The van der Waals surface area contributed by atoms with E-state index in [2.05, 4.69) is 10.3 Å². The molecule has 0 spiro atoms. The van der Waals surface area contributed by atoms with Crippen molar-refractivity contribution in [2.75, 3.05) is 18.0 Å². The fraction of sp³-hybridized carbons (Fsp3) is 0.667. The van der Waals surface area contributed by atoms with Crippen LogP contribution >= 0.6 is 11.6 Å². The molecule has 26 heavy (non-hydrogen) atoms. The fourth-order valence-electron chi connectivity index (χ4n) is 3.82. The van der Waals surface area contributed by atoms with Gasteiger partial charge in [-0.1, -0.05) is 24.4 Å². The van der Waals surface area contributed by atoms with Crippen LogP contribution in [0.2, 0.25) is 5.02 Å². The average Bonchev–Trinajstić information content (AvgIpc) is 3.07. The molecule has 1 aromatic heterocycles. The van der Waals surface area contributed by atoms with Gasteiger partial charge in [-0.2, -0.15) is 13.2 Å². The molecule has 0 bridgehead atoms. The van der Waals surface area contributed by atoms with E-state index in [0.717, 1.165) is 37.9 Å². The number of carbonyl (C=O) groups is 1. The molecule has 1 aliphatic heterocycles. The maximum Gasteiger partial charge on any atom is 0.417 e. The van der Waals surface area contributed by atoms with Gasteiger partial charge in [0.05, 0.1) is 10.6 Å². The first-order valence-electron chi connectivity index (χ1n) is 9.10. The summed E-state index contributed by atoms with van der Waals surface area (Å²) in [4.78, 5) is 17.9. The molecular formula is C18H23ClF3N3O. The number of hydrogen-bond donors (Lipinski definition) is 1. The Kier molecular flexibility index (Phi) is 5.95. The van der Waals surface area contributed by atoms with E-state index in [9.17, 15) is 18.0 Å². The van der Waals surface area contributed by atoms with Gasteiger partial charge in [0.2, 0.25) is 5.91 Å². The predicted molar refractivity (Wildman–Crippen MR) is 94.2 cm³/mol. The highest BCUT2D eigenvalue weighted by atomic mass is 35.5. The van der Waals surface area contributed by atoms with Crippen LogP contribution in [0.15, 0.2) is 12.3 Å². The molecule has 1 saturated carbocycles. The number of nitrogens with zero attached hydrogens (tertiary/aromatic N) is 2. The molecule has 3 rings (SSSR count). The topological polar surface area (TPSA) is 45.2 Å². The zero-order valence-corrected chi connectivity index (χ0v) is 15.2. The third kappa shape index (κ3) is 4.81. The van der Waals surface area contributed by atoms with Gasteiger partial charge in [0, 0.05) is 31.7 Å². The molecule has 1 amide bonds. The Hall–Kier alpha value is -1.50. The van der Waals surface area contributed by atoms with Gasteiger partial charge in [-0.05, 0) is 37.7 Å². The van der Waals surface area contributed by atoms with Gasteiger partial charge < -0.3 is 10.2 Å². The lowest BCUT2D eigenvalue weighted by molar-refractivity contribution is -0.137.